The minimum absolute atomic E-state index is 0.204. The van der Waals surface area contributed by atoms with Crippen molar-refractivity contribution in [3.63, 3.8) is 0 Å². The molecule has 2 N–H and O–H groups in total. The van der Waals surface area contributed by atoms with Gasteiger partial charge in [-0.1, -0.05) is 54.6 Å². The number of carboxylic acid groups (broad SMARTS) is 1. The Kier molecular flexibility index (Phi) is 6.73. The van der Waals surface area contributed by atoms with Crippen LogP contribution in [0, 0.1) is 0 Å². The van der Waals surface area contributed by atoms with Crippen LogP contribution in [0.1, 0.15) is 27.0 Å². The van der Waals surface area contributed by atoms with E-state index in [2.05, 4.69) is 10.5 Å². The molecule has 0 atom stereocenters. The fourth-order valence-corrected chi connectivity index (χ4v) is 2.62. The minimum atomic E-state index is -0.965. The molecule has 6 nitrogen and oxygen atoms in total. The molecular formula is C23H20N2O4. The summed E-state index contributed by atoms with van der Waals surface area (Å²) in [5.74, 6) is -0.562. The van der Waals surface area contributed by atoms with Crippen LogP contribution < -0.4 is 10.2 Å². The van der Waals surface area contributed by atoms with Gasteiger partial charge in [0.15, 0.2) is 0 Å². The number of para-hydroxylation sites is 1. The van der Waals surface area contributed by atoms with E-state index >= 15 is 0 Å². The van der Waals surface area contributed by atoms with Gasteiger partial charge in [-0.15, -0.1) is 0 Å². The molecule has 1 amide bonds. The van der Waals surface area contributed by atoms with E-state index in [-0.39, 0.29) is 24.5 Å². The monoisotopic (exact) mass is 388 g/mol. The lowest BCUT2D eigenvalue weighted by molar-refractivity contribution is -0.120. The fraction of sp³-hybridized carbons (Fsp3) is 0.0870. The molecular weight excluding hydrogens is 368 g/mol. The van der Waals surface area contributed by atoms with Gasteiger partial charge in [-0.25, -0.2) is 10.2 Å². The number of carbonyl (C=O) groups excluding carboxylic acids is 1. The van der Waals surface area contributed by atoms with Gasteiger partial charge in [-0.3, -0.25) is 4.79 Å². The van der Waals surface area contributed by atoms with E-state index in [9.17, 15) is 9.59 Å². The van der Waals surface area contributed by atoms with E-state index in [1.165, 1.54) is 18.3 Å². The van der Waals surface area contributed by atoms with Crippen LogP contribution in [-0.2, 0) is 17.8 Å². The van der Waals surface area contributed by atoms with E-state index in [0.29, 0.717) is 5.75 Å². The van der Waals surface area contributed by atoms with E-state index in [0.717, 1.165) is 16.7 Å². The number of hydrogen-bond donors (Lipinski definition) is 2. The molecule has 0 aliphatic rings. The molecule has 3 rings (SSSR count). The highest BCUT2D eigenvalue weighted by atomic mass is 16.5. The van der Waals surface area contributed by atoms with Gasteiger partial charge in [0.25, 0.3) is 0 Å². The molecule has 0 heterocycles. The molecule has 0 unspecified atom stereocenters. The van der Waals surface area contributed by atoms with Crippen LogP contribution in [-0.4, -0.2) is 23.2 Å². The molecule has 0 aromatic heterocycles. The summed E-state index contributed by atoms with van der Waals surface area (Å²) in [5.41, 5.74) is 5.22. The van der Waals surface area contributed by atoms with Crippen molar-refractivity contribution < 1.29 is 19.4 Å². The molecule has 0 saturated carbocycles. The second-order valence-electron chi connectivity index (χ2n) is 6.28. The van der Waals surface area contributed by atoms with Crippen molar-refractivity contribution >= 4 is 18.1 Å². The number of aromatic carboxylic acids is 1. The largest absolute Gasteiger partial charge is 0.488 e. The Labute approximate surface area is 168 Å². The molecule has 0 radical (unpaired) electrons. The third-order valence-corrected chi connectivity index (χ3v) is 4.11. The predicted molar refractivity (Wildman–Crippen MR) is 110 cm³/mol. The molecule has 0 saturated heterocycles. The molecule has 146 valence electrons. The maximum atomic E-state index is 12.0. The standard InChI is InChI=1S/C23H20N2O4/c26-22(14-17-6-2-1-3-7-17)25-24-15-20-8-4-5-9-21(20)29-16-18-10-12-19(13-11-18)23(27)28/h1-13,15H,14,16H2,(H,25,26)(H,27,28)/b24-15-. The summed E-state index contributed by atoms with van der Waals surface area (Å²) in [7, 11) is 0. The van der Waals surface area contributed by atoms with Crippen molar-refractivity contribution in [2.24, 2.45) is 5.10 Å². The van der Waals surface area contributed by atoms with Gasteiger partial charge in [-0.2, -0.15) is 5.10 Å². The average molecular weight is 388 g/mol. The topological polar surface area (TPSA) is 88.0 Å². The average Bonchev–Trinajstić information content (AvgIpc) is 2.74. The highest BCUT2D eigenvalue weighted by Crippen LogP contribution is 2.18. The van der Waals surface area contributed by atoms with Crippen molar-refractivity contribution in [1.82, 2.24) is 5.43 Å². The summed E-state index contributed by atoms with van der Waals surface area (Å²) in [6, 6.07) is 23.3. The molecule has 0 aliphatic heterocycles. The number of hydrazone groups is 1. The Hall–Kier alpha value is -3.93. The van der Waals surface area contributed by atoms with Crippen molar-refractivity contribution in [2.75, 3.05) is 0 Å². The molecule has 0 aliphatic carbocycles. The molecule has 3 aromatic carbocycles. The third kappa shape index (κ3) is 6.04. The lowest BCUT2D eigenvalue weighted by Crippen LogP contribution is -2.19. The van der Waals surface area contributed by atoms with E-state index in [1.807, 2.05) is 48.5 Å². The first-order valence-electron chi connectivity index (χ1n) is 9.02. The Morgan fingerprint density at radius 2 is 1.59 bits per heavy atom. The lowest BCUT2D eigenvalue weighted by Gasteiger charge is -2.09. The minimum Gasteiger partial charge on any atom is -0.488 e. The SMILES string of the molecule is O=C(Cc1ccccc1)N/N=C\c1ccccc1OCc1ccc(C(=O)O)cc1. The third-order valence-electron chi connectivity index (χ3n) is 4.11. The van der Waals surface area contributed by atoms with Crippen molar-refractivity contribution in [1.29, 1.82) is 0 Å². The van der Waals surface area contributed by atoms with Gasteiger partial charge < -0.3 is 9.84 Å². The van der Waals surface area contributed by atoms with E-state index in [4.69, 9.17) is 9.84 Å². The number of benzene rings is 3. The maximum Gasteiger partial charge on any atom is 0.335 e. The Bertz CT molecular complexity index is 999. The fourth-order valence-electron chi connectivity index (χ4n) is 2.62. The van der Waals surface area contributed by atoms with Crippen molar-refractivity contribution in [2.45, 2.75) is 13.0 Å². The van der Waals surface area contributed by atoms with E-state index < -0.39 is 5.97 Å². The van der Waals surface area contributed by atoms with Gasteiger partial charge in [-0.05, 0) is 35.4 Å². The van der Waals surface area contributed by atoms with Crippen LogP contribution in [0.4, 0.5) is 0 Å². The molecule has 0 spiro atoms. The number of ether oxygens (including phenoxy) is 1. The quantitative estimate of drug-likeness (QED) is 0.455. The Morgan fingerprint density at radius 3 is 2.31 bits per heavy atom. The number of hydrogen-bond acceptors (Lipinski definition) is 4. The zero-order chi connectivity index (χ0) is 20.5. The number of carboxylic acids is 1. The zero-order valence-corrected chi connectivity index (χ0v) is 15.6. The molecule has 6 heteroatoms. The van der Waals surface area contributed by atoms with Gasteiger partial charge in [0.1, 0.15) is 12.4 Å². The number of rotatable bonds is 8. The number of nitrogens with one attached hydrogen (secondary N) is 1. The van der Waals surface area contributed by atoms with Gasteiger partial charge in [0.05, 0.1) is 18.2 Å². The zero-order valence-electron chi connectivity index (χ0n) is 15.6. The van der Waals surface area contributed by atoms with Crippen LogP contribution in [0.5, 0.6) is 5.75 Å². The second kappa shape index (κ2) is 9.85. The number of carbonyl (C=O) groups is 2. The summed E-state index contributed by atoms with van der Waals surface area (Å²) in [6.07, 6.45) is 1.79. The normalized spacial score (nSPS) is 10.6. The van der Waals surface area contributed by atoms with Crippen LogP contribution in [0.15, 0.2) is 84.0 Å². The summed E-state index contributed by atoms with van der Waals surface area (Å²) < 4.78 is 5.83. The van der Waals surface area contributed by atoms with Crippen LogP contribution in [0.2, 0.25) is 0 Å². The molecule has 3 aromatic rings. The first-order valence-corrected chi connectivity index (χ1v) is 9.02. The first-order chi connectivity index (χ1) is 14.1. The molecule has 0 bridgehead atoms. The highest BCUT2D eigenvalue weighted by molar-refractivity contribution is 5.87. The Morgan fingerprint density at radius 1 is 0.897 bits per heavy atom. The Balaban J connectivity index is 1.57. The van der Waals surface area contributed by atoms with Crippen LogP contribution in [0.25, 0.3) is 0 Å². The first kappa shape index (κ1) is 19.8. The van der Waals surface area contributed by atoms with Crippen molar-refractivity contribution in [3.8, 4) is 5.75 Å². The summed E-state index contributed by atoms with van der Waals surface area (Å²) in [6.45, 7) is 0.283. The highest BCUT2D eigenvalue weighted by Gasteiger charge is 2.05. The molecule has 29 heavy (non-hydrogen) atoms. The van der Waals surface area contributed by atoms with Crippen LogP contribution >= 0.6 is 0 Å². The summed E-state index contributed by atoms with van der Waals surface area (Å²) in [4.78, 5) is 22.9. The summed E-state index contributed by atoms with van der Waals surface area (Å²) >= 11 is 0. The lowest BCUT2D eigenvalue weighted by atomic mass is 10.1. The number of nitrogens with zero attached hydrogens (tertiary/aromatic N) is 1. The molecule has 0 fully saturated rings. The van der Waals surface area contributed by atoms with Gasteiger partial charge in [0, 0.05) is 5.56 Å². The number of amides is 1. The predicted octanol–water partition coefficient (Wildman–Crippen LogP) is 3.66. The van der Waals surface area contributed by atoms with E-state index in [1.54, 1.807) is 18.2 Å². The summed E-state index contributed by atoms with van der Waals surface area (Å²) in [5, 5.41) is 13.0. The van der Waals surface area contributed by atoms with Crippen molar-refractivity contribution in [3.05, 3.63) is 101 Å². The maximum absolute atomic E-state index is 12.0. The van der Waals surface area contributed by atoms with Gasteiger partial charge >= 0.3 is 5.97 Å². The smallest absolute Gasteiger partial charge is 0.335 e. The second-order valence-corrected chi connectivity index (χ2v) is 6.28. The van der Waals surface area contributed by atoms with Crippen LogP contribution in [0.3, 0.4) is 0 Å². The van der Waals surface area contributed by atoms with Gasteiger partial charge in [0.2, 0.25) is 5.91 Å².